The summed E-state index contributed by atoms with van der Waals surface area (Å²) in [6.45, 7) is 1.53. The van der Waals surface area contributed by atoms with Gasteiger partial charge in [-0.2, -0.15) is 0 Å². The minimum absolute atomic E-state index is 0.0466. The van der Waals surface area contributed by atoms with Gasteiger partial charge in [0.15, 0.2) is 0 Å². The molecule has 2 aromatic carbocycles. The van der Waals surface area contributed by atoms with Gasteiger partial charge in [0.25, 0.3) is 0 Å². The molecule has 0 aliphatic heterocycles. The molecule has 1 atom stereocenters. The first-order valence-electron chi connectivity index (χ1n) is 8.57. The van der Waals surface area contributed by atoms with Gasteiger partial charge in [-0.1, -0.05) is 6.07 Å². The highest BCUT2D eigenvalue weighted by atomic mass is 32.2. The Hall–Kier alpha value is -2.60. The van der Waals surface area contributed by atoms with Gasteiger partial charge in [0.05, 0.1) is 5.52 Å². The Balaban J connectivity index is 1.57. The first-order valence-corrected chi connectivity index (χ1v) is 9.79. The van der Waals surface area contributed by atoms with Crippen LogP contribution in [0.1, 0.15) is 18.1 Å². The number of carbonyl (C=O) groups is 1. The normalized spacial score (nSPS) is 15.7. The SMILES string of the molecule is CSc1ccc2ncnc(NC3Cc4ccc(NC(C)=O)cc4C3)c2c1. The Morgan fingerprint density at radius 3 is 2.77 bits per heavy atom. The van der Waals surface area contributed by atoms with Gasteiger partial charge in [-0.05, 0) is 60.6 Å². The summed E-state index contributed by atoms with van der Waals surface area (Å²) in [5, 5.41) is 7.50. The van der Waals surface area contributed by atoms with Crippen LogP contribution in [0.4, 0.5) is 11.5 Å². The summed E-state index contributed by atoms with van der Waals surface area (Å²) in [5.41, 5.74) is 4.40. The molecule has 5 nitrogen and oxygen atoms in total. The number of fused-ring (bicyclic) bond motifs is 2. The Bertz CT molecular complexity index is 989. The van der Waals surface area contributed by atoms with E-state index in [1.807, 2.05) is 12.1 Å². The van der Waals surface area contributed by atoms with Gasteiger partial charge in [0.2, 0.25) is 5.91 Å². The highest BCUT2D eigenvalue weighted by Crippen LogP contribution is 2.30. The van der Waals surface area contributed by atoms with Gasteiger partial charge in [-0.15, -0.1) is 11.8 Å². The molecule has 3 aromatic rings. The quantitative estimate of drug-likeness (QED) is 0.688. The van der Waals surface area contributed by atoms with Crippen molar-refractivity contribution < 1.29 is 4.79 Å². The molecule has 1 aliphatic carbocycles. The minimum atomic E-state index is -0.0466. The minimum Gasteiger partial charge on any atom is -0.366 e. The van der Waals surface area contributed by atoms with Crippen LogP contribution in [0.5, 0.6) is 0 Å². The molecule has 1 aliphatic rings. The van der Waals surface area contributed by atoms with E-state index in [4.69, 9.17) is 0 Å². The number of rotatable bonds is 4. The number of hydrogen-bond acceptors (Lipinski definition) is 5. The maximum atomic E-state index is 11.3. The van der Waals surface area contributed by atoms with E-state index in [-0.39, 0.29) is 11.9 Å². The van der Waals surface area contributed by atoms with Crippen molar-refractivity contribution >= 4 is 40.1 Å². The third-order valence-corrected chi connectivity index (χ3v) is 5.37. The van der Waals surface area contributed by atoms with Gasteiger partial charge >= 0.3 is 0 Å². The fourth-order valence-electron chi connectivity index (χ4n) is 3.47. The van der Waals surface area contributed by atoms with Crippen LogP contribution < -0.4 is 10.6 Å². The molecule has 1 aromatic heterocycles. The van der Waals surface area contributed by atoms with E-state index in [2.05, 4.69) is 51.1 Å². The Morgan fingerprint density at radius 2 is 1.96 bits per heavy atom. The molecule has 4 rings (SSSR count). The average Bonchev–Trinajstić information content (AvgIpc) is 3.02. The van der Waals surface area contributed by atoms with Crippen LogP contribution in [0.2, 0.25) is 0 Å². The second-order valence-corrected chi connectivity index (χ2v) is 7.40. The maximum Gasteiger partial charge on any atom is 0.221 e. The second-order valence-electron chi connectivity index (χ2n) is 6.52. The fraction of sp³-hybridized carbons (Fsp3) is 0.250. The Labute approximate surface area is 156 Å². The van der Waals surface area contributed by atoms with Crippen molar-refractivity contribution in [1.29, 1.82) is 0 Å². The average molecular weight is 364 g/mol. The fourth-order valence-corrected chi connectivity index (χ4v) is 3.91. The van der Waals surface area contributed by atoms with Crippen LogP contribution in [0.25, 0.3) is 10.9 Å². The lowest BCUT2D eigenvalue weighted by atomic mass is 10.1. The van der Waals surface area contributed by atoms with Crippen molar-refractivity contribution in [3.63, 3.8) is 0 Å². The highest BCUT2D eigenvalue weighted by molar-refractivity contribution is 7.98. The van der Waals surface area contributed by atoms with Crippen LogP contribution in [-0.4, -0.2) is 28.2 Å². The number of hydrogen-bond donors (Lipinski definition) is 2. The van der Waals surface area contributed by atoms with Crippen LogP contribution in [-0.2, 0) is 17.6 Å². The maximum absolute atomic E-state index is 11.3. The first-order chi connectivity index (χ1) is 12.6. The summed E-state index contributed by atoms with van der Waals surface area (Å²) in [4.78, 5) is 21.3. The van der Waals surface area contributed by atoms with Gasteiger partial charge in [-0.3, -0.25) is 4.79 Å². The molecule has 0 saturated heterocycles. The van der Waals surface area contributed by atoms with Crippen LogP contribution in [0.3, 0.4) is 0 Å². The number of benzene rings is 2. The summed E-state index contributed by atoms with van der Waals surface area (Å²) >= 11 is 1.71. The zero-order chi connectivity index (χ0) is 18.1. The lowest BCUT2D eigenvalue weighted by Gasteiger charge is -2.14. The topological polar surface area (TPSA) is 66.9 Å². The summed E-state index contributed by atoms with van der Waals surface area (Å²) in [5.74, 6) is 0.834. The highest BCUT2D eigenvalue weighted by Gasteiger charge is 2.22. The molecule has 132 valence electrons. The van der Waals surface area contributed by atoms with E-state index in [0.717, 1.165) is 35.2 Å². The van der Waals surface area contributed by atoms with Crippen molar-refractivity contribution in [2.45, 2.75) is 30.7 Å². The standard InChI is InChI=1S/C20H20N4OS/c1-12(25)23-15-4-3-13-7-16(9-14(13)8-15)24-20-18-10-17(26-2)5-6-19(18)21-11-22-20/h3-6,8,10-11,16H,7,9H2,1-2H3,(H,23,25)(H,21,22,24). The molecule has 0 spiro atoms. The van der Waals surface area contributed by atoms with Crippen LogP contribution in [0.15, 0.2) is 47.6 Å². The smallest absolute Gasteiger partial charge is 0.221 e. The zero-order valence-electron chi connectivity index (χ0n) is 14.7. The molecule has 0 radical (unpaired) electrons. The summed E-state index contributed by atoms with van der Waals surface area (Å²) < 4.78 is 0. The van der Waals surface area contributed by atoms with Gasteiger partial charge < -0.3 is 10.6 Å². The first kappa shape index (κ1) is 16.8. The summed E-state index contributed by atoms with van der Waals surface area (Å²) in [6.07, 6.45) is 5.54. The lowest BCUT2D eigenvalue weighted by molar-refractivity contribution is -0.114. The second kappa shape index (κ2) is 6.96. The molecule has 2 N–H and O–H groups in total. The van der Waals surface area contributed by atoms with Crippen molar-refractivity contribution in [3.8, 4) is 0 Å². The predicted octanol–water partition coefficient (Wildman–Crippen LogP) is 3.89. The van der Waals surface area contributed by atoms with Gasteiger partial charge in [0, 0.05) is 28.9 Å². The van der Waals surface area contributed by atoms with E-state index >= 15 is 0 Å². The van der Waals surface area contributed by atoms with E-state index in [1.165, 1.54) is 22.9 Å². The molecule has 0 fully saturated rings. The molecule has 1 heterocycles. The monoisotopic (exact) mass is 364 g/mol. The van der Waals surface area contributed by atoms with Crippen molar-refractivity contribution in [2.24, 2.45) is 0 Å². The Morgan fingerprint density at radius 1 is 1.12 bits per heavy atom. The van der Waals surface area contributed by atoms with Crippen molar-refractivity contribution in [1.82, 2.24) is 9.97 Å². The predicted molar refractivity (Wildman–Crippen MR) is 107 cm³/mol. The number of aromatic nitrogens is 2. The number of thioether (sulfide) groups is 1. The molecule has 0 bridgehead atoms. The summed E-state index contributed by atoms with van der Waals surface area (Å²) in [6, 6.07) is 12.7. The zero-order valence-corrected chi connectivity index (χ0v) is 15.6. The number of amides is 1. The molecule has 1 unspecified atom stereocenters. The summed E-state index contributed by atoms with van der Waals surface area (Å²) in [7, 11) is 0. The molecular formula is C20H20N4OS. The molecular weight excluding hydrogens is 344 g/mol. The lowest BCUT2D eigenvalue weighted by Crippen LogP contribution is -2.20. The van der Waals surface area contributed by atoms with Gasteiger partial charge in [0.1, 0.15) is 12.1 Å². The Kier molecular flexibility index (Phi) is 4.51. The van der Waals surface area contributed by atoms with E-state index < -0.39 is 0 Å². The van der Waals surface area contributed by atoms with E-state index in [1.54, 1.807) is 18.1 Å². The largest absolute Gasteiger partial charge is 0.366 e. The van der Waals surface area contributed by atoms with E-state index in [9.17, 15) is 4.79 Å². The molecule has 0 saturated carbocycles. The third kappa shape index (κ3) is 3.37. The van der Waals surface area contributed by atoms with Gasteiger partial charge in [-0.25, -0.2) is 9.97 Å². The number of nitrogens with one attached hydrogen (secondary N) is 2. The van der Waals surface area contributed by atoms with Crippen LogP contribution in [0, 0.1) is 0 Å². The number of carbonyl (C=O) groups excluding carboxylic acids is 1. The third-order valence-electron chi connectivity index (χ3n) is 4.64. The van der Waals surface area contributed by atoms with Crippen molar-refractivity contribution in [3.05, 3.63) is 53.9 Å². The van der Waals surface area contributed by atoms with E-state index in [0.29, 0.717) is 0 Å². The molecule has 6 heteroatoms. The molecule has 1 amide bonds. The number of nitrogens with zero attached hydrogens (tertiary/aromatic N) is 2. The molecule has 26 heavy (non-hydrogen) atoms. The number of anilines is 2. The van der Waals surface area contributed by atoms with Crippen molar-refractivity contribution in [2.75, 3.05) is 16.9 Å². The van der Waals surface area contributed by atoms with Crippen LogP contribution >= 0.6 is 11.8 Å².